The summed E-state index contributed by atoms with van der Waals surface area (Å²) >= 11 is 6.12. The zero-order valence-corrected chi connectivity index (χ0v) is 11.9. The Morgan fingerprint density at radius 3 is 2.58 bits per heavy atom. The molecule has 1 aromatic heterocycles. The molecule has 0 unspecified atom stereocenters. The molecule has 4 heteroatoms. The summed E-state index contributed by atoms with van der Waals surface area (Å²) in [5.41, 5.74) is 2.87. The van der Waals surface area contributed by atoms with E-state index in [0.717, 1.165) is 17.7 Å². The second-order valence-corrected chi connectivity index (χ2v) is 5.04. The summed E-state index contributed by atoms with van der Waals surface area (Å²) in [6, 6.07) is 10.0. The summed E-state index contributed by atoms with van der Waals surface area (Å²) in [5.74, 6) is 0.196. The van der Waals surface area contributed by atoms with Gasteiger partial charge in [0.05, 0.1) is 5.69 Å². The van der Waals surface area contributed by atoms with Gasteiger partial charge in [0.25, 0.3) is 0 Å². The highest BCUT2D eigenvalue weighted by atomic mass is 35.5. The fourth-order valence-corrected chi connectivity index (χ4v) is 2.33. The number of hydrogen-bond donors (Lipinski definition) is 0. The lowest BCUT2D eigenvalue weighted by Gasteiger charge is -2.02. The standard InChI is InChI=1S/C15H17ClN2O/c1-11-14(15(16)18(2)17-11)10-13(19)9-8-12-6-4-3-5-7-12/h3-7H,8-10H2,1-2H3. The Morgan fingerprint density at radius 2 is 2.00 bits per heavy atom. The Balaban J connectivity index is 1.95. The van der Waals surface area contributed by atoms with Gasteiger partial charge in [-0.15, -0.1) is 0 Å². The largest absolute Gasteiger partial charge is 0.299 e. The summed E-state index contributed by atoms with van der Waals surface area (Å²) in [5, 5.41) is 4.78. The highest BCUT2D eigenvalue weighted by Crippen LogP contribution is 2.20. The van der Waals surface area contributed by atoms with Crippen molar-refractivity contribution in [1.82, 2.24) is 9.78 Å². The molecule has 0 aliphatic carbocycles. The van der Waals surface area contributed by atoms with Crippen LogP contribution in [0.1, 0.15) is 23.2 Å². The average molecular weight is 277 g/mol. The molecule has 0 aliphatic heterocycles. The van der Waals surface area contributed by atoms with Crippen molar-refractivity contribution in [3.8, 4) is 0 Å². The number of carbonyl (C=O) groups excluding carboxylic acids is 1. The number of Topliss-reactive ketones (excluding diaryl/α,β-unsaturated/α-hetero) is 1. The van der Waals surface area contributed by atoms with E-state index in [2.05, 4.69) is 5.10 Å². The Kier molecular flexibility index (Phi) is 4.38. The van der Waals surface area contributed by atoms with Crippen LogP contribution in [0.2, 0.25) is 5.15 Å². The molecule has 0 spiro atoms. The molecule has 3 nitrogen and oxygen atoms in total. The van der Waals surface area contributed by atoms with E-state index < -0.39 is 0 Å². The van der Waals surface area contributed by atoms with Gasteiger partial charge in [0.2, 0.25) is 0 Å². The minimum absolute atomic E-state index is 0.196. The first kappa shape index (κ1) is 13.8. The lowest BCUT2D eigenvalue weighted by molar-refractivity contribution is -0.118. The Bertz CT molecular complexity index is 575. The molecule has 2 aromatic rings. The monoisotopic (exact) mass is 276 g/mol. The van der Waals surface area contributed by atoms with Crippen LogP contribution in [-0.2, 0) is 24.7 Å². The first-order chi connectivity index (χ1) is 9.08. The van der Waals surface area contributed by atoms with E-state index in [9.17, 15) is 4.79 Å². The molecule has 0 bridgehead atoms. The molecule has 0 aliphatic rings. The average Bonchev–Trinajstić information content (AvgIpc) is 2.64. The molecular weight excluding hydrogens is 260 g/mol. The molecule has 19 heavy (non-hydrogen) atoms. The number of benzene rings is 1. The molecule has 0 amide bonds. The maximum atomic E-state index is 12.0. The van der Waals surface area contributed by atoms with E-state index in [-0.39, 0.29) is 5.78 Å². The molecule has 0 N–H and O–H groups in total. The van der Waals surface area contributed by atoms with Crippen LogP contribution in [0.25, 0.3) is 0 Å². The molecular formula is C15H17ClN2O. The van der Waals surface area contributed by atoms with Gasteiger partial charge in [0, 0.05) is 25.5 Å². The van der Waals surface area contributed by atoms with Gasteiger partial charge in [-0.2, -0.15) is 5.10 Å². The van der Waals surface area contributed by atoms with Crippen molar-refractivity contribution in [3.63, 3.8) is 0 Å². The predicted molar refractivity (Wildman–Crippen MR) is 76.4 cm³/mol. The number of halogens is 1. The van der Waals surface area contributed by atoms with E-state index in [1.807, 2.05) is 37.3 Å². The zero-order chi connectivity index (χ0) is 13.8. The third-order valence-electron chi connectivity index (χ3n) is 3.18. The van der Waals surface area contributed by atoms with E-state index in [4.69, 9.17) is 11.6 Å². The van der Waals surface area contributed by atoms with E-state index >= 15 is 0 Å². The van der Waals surface area contributed by atoms with Crippen molar-refractivity contribution < 1.29 is 4.79 Å². The summed E-state index contributed by atoms with van der Waals surface area (Å²) in [6.45, 7) is 1.88. The first-order valence-electron chi connectivity index (χ1n) is 6.31. The maximum absolute atomic E-state index is 12.0. The van der Waals surface area contributed by atoms with Gasteiger partial charge < -0.3 is 0 Å². The van der Waals surface area contributed by atoms with Crippen molar-refractivity contribution in [2.45, 2.75) is 26.2 Å². The second-order valence-electron chi connectivity index (χ2n) is 4.68. The quantitative estimate of drug-likeness (QED) is 0.841. The summed E-state index contributed by atoms with van der Waals surface area (Å²) in [4.78, 5) is 12.0. The predicted octanol–water partition coefficient (Wildman–Crippen LogP) is 3.13. The normalized spacial score (nSPS) is 10.7. The fraction of sp³-hybridized carbons (Fsp3) is 0.333. The minimum Gasteiger partial charge on any atom is -0.299 e. The van der Waals surface area contributed by atoms with Crippen LogP contribution in [0.3, 0.4) is 0 Å². The van der Waals surface area contributed by atoms with Crippen LogP contribution in [-0.4, -0.2) is 15.6 Å². The Morgan fingerprint density at radius 1 is 1.32 bits per heavy atom. The molecule has 0 saturated heterocycles. The number of aromatic nitrogens is 2. The SMILES string of the molecule is Cc1nn(C)c(Cl)c1CC(=O)CCc1ccccc1. The highest BCUT2D eigenvalue weighted by Gasteiger charge is 2.14. The highest BCUT2D eigenvalue weighted by molar-refractivity contribution is 6.30. The van der Waals surface area contributed by atoms with Crippen LogP contribution in [0, 0.1) is 6.92 Å². The molecule has 0 atom stereocenters. The smallest absolute Gasteiger partial charge is 0.137 e. The summed E-state index contributed by atoms with van der Waals surface area (Å²) in [7, 11) is 1.78. The lowest BCUT2D eigenvalue weighted by atomic mass is 10.0. The zero-order valence-electron chi connectivity index (χ0n) is 11.2. The summed E-state index contributed by atoms with van der Waals surface area (Å²) < 4.78 is 1.61. The van der Waals surface area contributed by atoms with Gasteiger partial charge in [-0.05, 0) is 18.9 Å². The van der Waals surface area contributed by atoms with Gasteiger partial charge in [0.15, 0.2) is 0 Å². The van der Waals surface area contributed by atoms with Crippen LogP contribution in [0.15, 0.2) is 30.3 Å². The number of rotatable bonds is 5. The third-order valence-corrected chi connectivity index (χ3v) is 3.65. The first-order valence-corrected chi connectivity index (χ1v) is 6.69. The van der Waals surface area contributed by atoms with E-state index in [0.29, 0.717) is 18.0 Å². The lowest BCUT2D eigenvalue weighted by Crippen LogP contribution is -2.05. The molecule has 0 radical (unpaired) electrons. The topological polar surface area (TPSA) is 34.9 Å². The van der Waals surface area contributed by atoms with Gasteiger partial charge in [-0.25, -0.2) is 0 Å². The number of aryl methyl sites for hydroxylation is 3. The molecule has 2 rings (SSSR count). The van der Waals surface area contributed by atoms with Crippen LogP contribution >= 0.6 is 11.6 Å². The number of hydrogen-bond acceptors (Lipinski definition) is 2. The van der Waals surface area contributed by atoms with Crippen molar-refractivity contribution in [1.29, 1.82) is 0 Å². The van der Waals surface area contributed by atoms with Gasteiger partial charge in [0.1, 0.15) is 10.9 Å². The Labute approximate surface area is 118 Å². The van der Waals surface area contributed by atoms with Crippen molar-refractivity contribution >= 4 is 17.4 Å². The van der Waals surface area contributed by atoms with Crippen molar-refractivity contribution in [3.05, 3.63) is 52.3 Å². The van der Waals surface area contributed by atoms with Gasteiger partial charge in [-0.3, -0.25) is 9.48 Å². The molecule has 100 valence electrons. The van der Waals surface area contributed by atoms with Gasteiger partial charge in [-0.1, -0.05) is 41.9 Å². The van der Waals surface area contributed by atoms with Crippen LogP contribution in [0.5, 0.6) is 0 Å². The number of nitrogens with zero attached hydrogens (tertiary/aromatic N) is 2. The molecule has 0 fully saturated rings. The minimum atomic E-state index is 0.196. The van der Waals surface area contributed by atoms with Gasteiger partial charge >= 0.3 is 0 Å². The number of carbonyl (C=O) groups is 1. The van der Waals surface area contributed by atoms with Crippen molar-refractivity contribution in [2.75, 3.05) is 0 Å². The fourth-order valence-electron chi connectivity index (χ4n) is 2.09. The van der Waals surface area contributed by atoms with Crippen molar-refractivity contribution in [2.24, 2.45) is 7.05 Å². The summed E-state index contributed by atoms with van der Waals surface area (Å²) in [6.07, 6.45) is 1.68. The van der Waals surface area contributed by atoms with E-state index in [1.165, 1.54) is 5.56 Å². The van der Waals surface area contributed by atoms with E-state index in [1.54, 1.807) is 11.7 Å². The molecule has 0 saturated carbocycles. The molecule has 1 aromatic carbocycles. The Hall–Kier alpha value is -1.61. The maximum Gasteiger partial charge on any atom is 0.137 e. The second kappa shape index (κ2) is 6.02. The number of ketones is 1. The molecule has 1 heterocycles. The third kappa shape index (κ3) is 3.44. The van der Waals surface area contributed by atoms with Crippen LogP contribution in [0.4, 0.5) is 0 Å². The van der Waals surface area contributed by atoms with Crippen LogP contribution < -0.4 is 0 Å².